The van der Waals surface area contributed by atoms with E-state index in [2.05, 4.69) is 17.2 Å². The zero-order valence-corrected chi connectivity index (χ0v) is 6.54. The molecule has 0 radical (unpaired) electrons. The molecule has 0 bridgehead atoms. The monoisotopic (exact) mass is 180 g/mol. The fraction of sp³-hybridized carbons (Fsp3) is 0.714. The van der Waals surface area contributed by atoms with Crippen molar-refractivity contribution in [1.29, 1.82) is 0 Å². The van der Waals surface area contributed by atoms with E-state index in [9.17, 15) is 13.2 Å². The van der Waals surface area contributed by atoms with E-state index in [-0.39, 0.29) is 19.6 Å². The van der Waals surface area contributed by atoms with Gasteiger partial charge in [-0.05, 0) is 0 Å². The Labute approximate surface area is 69.3 Å². The van der Waals surface area contributed by atoms with Crippen molar-refractivity contribution in [3.8, 4) is 11.8 Å². The highest BCUT2D eigenvalue weighted by atomic mass is 19.4. The molecule has 0 aliphatic rings. The van der Waals surface area contributed by atoms with Gasteiger partial charge in [-0.15, -0.1) is 0 Å². The van der Waals surface area contributed by atoms with Crippen LogP contribution in [0.3, 0.4) is 0 Å². The number of alkyl halides is 3. The van der Waals surface area contributed by atoms with Crippen molar-refractivity contribution in [3.63, 3.8) is 0 Å². The summed E-state index contributed by atoms with van der Waals surface area (Å²) in [7, 11) is 0. The third kappa shape index (κ3) is 9.27. The minimum absolute atomic E-state index is 0.0945. The Morgan fingerprint density at radius 3 is 2.42 bits per heavy atom. The first-order chi connectivity index (χ1) is 5.56. The van der Waals surface area contributed by atoms with Gasteiger partial charge in [-0.2, -0.15) is 13.2 Å². The van der Waals surface area contributed by atoms with Gasteiger partial charge < -0.3 is 11.1 Å². The van der Waals surface area contributed by atoms with E-state index < -0.39 is 12.6 Å². The number of rotatable bonds is 3. The summed E-state index contributed by atoms with van der Waals surface area (Å²) in [5, 5.41) is 2.53. The van der Waals surface area contributed by atoms with E-state index in [0.717, 1.165) is 0 Å². The quantitative estimate of drug-likeness (QED) is 0.490. The van der Waals surface area contributed by atoms with E-state index >= 15 is 0 Å². The zero-order chi connectivity index (χ0) is 9.45. The molecule has 0 aliphatic heterocycles. The summed E-state index contributed by atoms with van der Waals surface area (Å²) in [6.45, 7) is 0.400. The molecular formula is C7H11F3N2. The summed E-state index contributed by atoms with van der Waals surface area (Å²) in [6.07, 6.45) is -4.91. The molecule has 0 amide bonds. The summed E-state index contributed by atoms with van der Waals surface area (Å²) >= 11 is 0. The van der Waals surface area contributed by atoms with Crippen molar-refractivity contribution in [2.75, 3.05) is 19.6 Å². The van der Waals surface area contributed by atoms with Crippen LogP contribution in [0.25, 0.3) is 0 Å². The lowest BCUT2D eigenvalue weighted by Gasteiger charge is -2.04. The van der Waals surface area contributed by atoms with Gasteiger partial charge in [0.25, 0.3) is 0 Å². The summed E-state index contributed by atoms with van der Waals surface area (Å²) in [6, 6.07) is 0. The van der Waals surface area contributed by atoms with Gasteiger partial charge in [-0.1, -0.05) is 11.8 Å². The number of nitrogens with two attached hydrogens (primary N) is 1. The lowest BCUT2D eigenvalue weighted by Crippen LogP contribution is -2.21. The van der Waals surface area contributed by atoms with E-state index in [1.165, 1.54) is 0 Å². The van der Waals surface area contributed by atoms with Crippen molar-refractivity contribution in [3.05, 3.63) is 0 Å². The molecule has 0 unspecified atom stereocenters. The van der Waals surface area contributed by atoms with Crippen LogP contribution in [0, 0.1) is 11.8 Å². The maximum atomic E-state index is 11.5. The molecule has 3 N–H and O–H groups in total. The van der Waals surface area contributed by atoms with Gasteiger partial charge in [0, 0.05) is 6.54 Å². The second kappa shape index (κ2) is 5.86. The van der Waals surface area contributed by atoms with Crippen LogP contribution in [-0.2, 0) is 0 Å². The summed E-state index contributed by atoms with van der Waals surface area (Å²) in [5.41, 5.74) is 5.03. The summed E-state index contributed by atoms with van der Waals surface area (Å²) in [4.78, 5) is 0. The SMILES string of the molecule is NCC#CCNCCC(F)(F)F. The topological polar surface area (TPSA) is 38.0 Å². The molecule has 0 fully saturated rings. The second-order valence-corrected chi connectivity index (χ2v) is 2.10. The van der Waals surface area contributed by atoms with Crippen LogP contribution in [0.5, 0.6) is 0 Å². The number of hydrogen-bond donors (Lipinski definition) is 2. The van der Waals surface area contributed by atoms with Gasteiger partial charge in [-0.25, -0.2) is 0 Å². The average Bonchev–Trinajstić information content (AvgIpc) is 1.94. The van der Waals surface area contributed by atoms with Crippen LogP contribution in [0.15, 0.2) is 0 Å². The van der Waals surface area contributed by atoms with Crippen LogP contribution >= 0.6 is 0 Å². The second-order valence-electron chi connectivity index (χ2n) is 2.10. The highest BCUT2D eigenvalue weighted by molar-refractivity contribution is 5.01. The molecule has 0 aromatic rings. The van der Waals surface area contributed by atoms with Gasteiger partial charge in [-0.3, -0.25) is 0 Å². The number of halogens is 3. The van der Waals surface area contributed by atoms with E-state index in [1.54, 1.807) is 0 Å². The Balaban J connectivity index is 3.22. The van der Waals surface area contributed by atoms with Gasteiger partial charge >= 0.3 is 6.18 Å². The lowest BCUT2D eigenvalue weighted by atomic mass is 10.4. The molecule has 0 saturated carbocycles. The molecule has 0 aromatic carbocycles. The molecule has 5 heteroatoms. The van der Waals surface area contributed by atoms with Crippen molar-refractivity contribution < 1.29 is 13.2 Å². The van der Waals surface area contributed by atoms with Crippen LogP contribution in [0.1, 0.15) is 6.42 Å². The zero-order valence-electron chi connectivity index (χ0n) is 6.54. The molecule has 0 aromatic heterocycles. The van der Waals surface area contributed by atoms with Crippen molar-refractivity contribution in [1.82, 2.24) is 5.32 Å². The first-order valence-electron chi connectivity index (χ1n) is 3.49. The highest BCUT2D eigenvalue weighted by Crippen LogP contribution is 2.17. The first kappa shape index (κ1) is 11.3. The normalized spacial score (nSPS) is 10.7. The Morgan fingerprint density at radius 1 is 1.25 bits per heavy atom. The predicted octanol–water partition coefficient (Wildman–Crippen LogP) is 0.490. The third-order valence-corrected chi connectivity index (χ3v) is 1.03. The molecule has 0 rings (SSSR count). The average molecular weight is 180 g/mol. The van der Waals surface area contributed by atoms with Crippen LogP contribution in [0.4, 0.5) is 13.2 Å². The maximum Gasteiger partial charge on any atom is 0.390 e. The minimum atomic E-state index is -4.09. The minimum Gasteiger partial charge on any atom is -0.320 e. The molecule has 0 aliphatic carbocycles. The lowest BCUT2D eigenvalue weighted by molar-refractivity contribution is -0.133. The van der Waals surface area contributed by atoms with Crippen molar-refractivity contribution in [2.45, 2.75) is 12.6 Å². The first-order valence-corrected chi connectivity index (χ1v) is 3.49. The van der Waals surface area contributed by atoms with Gasteiger partial charge in [0.15, 0.2) is 0 Å². The molecule has 0 heterocycles. The standard InChI is InChI=1S/C7H11F3N2/c8-7(9,10)3-6-12-5-2-1-4-11/h12H,3-6,11H2. The molecule has 70 valence electrons. The van der Waals surface area contributed by atoms with Crippen LogP contribution in [-0.4, -0.2) is 25.8 Å². The Hall–Kier alpha value is -0.730. The van der Waals surface area contributed by atoms with Gasteiger partial charge in [0.1, 0.15) is 0 Å². The highest BCUT2D eigenvalue weighted by Gasteiger charge is 2.25. The van der Waals surface area contributed by atoms with Crippen LogP contribution in [0.2, 0.25) is 0 Å². The Bertz CT molecular complexity index is 166. The maximum absolute atomic E-state index is 11.5. The molecular weight excluding hydrogens is 169 g/mol. The predicted molar refractivity (Wildman–Crippen MR) is 40.4 cm³/mol. The Morgan fingerprint density at radius 2 is 1.92 bits per heavy atom. The fourth-order valence-corrected chi connectivity index (χ4v) is 0.516. The van der Waals surface area contributed by atoms with Crippen molar-refractivity contribution >= 4 is 0 Å². The molecule has 12 heavy (non-hydrogen) atoms. The molecule has 2 nitrogen and oxygen atoms in total. The summed E-state index contributed by atoms with van der Waals surface area (Å²) in [5.74, 6) is 5.10. The van der Waals surface area contributed by atoms with E-state index in [4.69, 9.17) is 5.73 Å². The Kier molecular flexibility index (Phi) is 5.51. The molecule has 0 saturated heterocycles. The van der Waals surface area contributed by atoms with Crippen molar-refractivity contribution in [2.24, 2.45) is 5.73 Å². The van der Waals surface area contributed by atoms with Gasteiger partial charge in [0.2, 0.25) is 0 Å². The third-order valence-electron chi connectivity index (χ3n) is 1.03. The smallest absolute Gasteiger partial charge is 0.320 e. The molecule has 0 atom stereocenters. The largest absolute Gasteiger partial charge is 0.390 e. The van der Waals surface area contributed by atoms with Crippen LogP contribution < -0.4 is 11.1 Å². The van der Waals surface area contributed by atoms with E-state index in [1.807, 2.05) is 0 Å². The van der Waals surface area contributed by atoms with E-state index in [0.29, 0.717) is 0 Å². The molecule has 0 spiro atoms. The number of hydrogen-bond acceptors (Lipinski definition) is 2. The fourth-order valence-electron chi connectivity index (χ4n) is 0.516. The number of nitrogens with one attached hydrogen (secondary N) is 1. The summed E-state index contributed by atoms with van der Waals surface area (Å²) < 4.78 is 34.6. The van der Waals surface area contributed by atoms with Gasteiger partial charge in [0.05, 0.1) is 19.5 Å².